The van der Waals surface area contributed by atoms with Crippen molar-refractivity contribution in [2.75, 3.05) is 19.0 Å². The molecule has 0 aromatic heterocycles. The number of anilines is 1. The fourth-order valence-electron chi connectivity index (χ4n) is 3.40. The van der Waals surface area contributed by atoms with Gasteiger partial charge in [0.05, 0.1) is 13.7 Å². The summed E-state index contributed by atoms with van der Waals surface area (Å²) in [4.78, 5) is 13.4. The van der Waals surface area contributed by atoms with E-state index in [4.69, 9.17) is 20.6 Å². The van der Waals surface area contributed by atoms with Crippen molar-refractivity contribution in [2.45, 2.75) is 32.4 Å². The molecule has 34 heavy (non-hydrogen) atoms. The van der Waals surface area contributed by atoms with Crippen LogP contribution in [0.4, 0.5) is 5.69 Å². The first-order valence-corrected chi connectivity index (χ1v) is 11.3. The van der Waals surface area contributed by atoms with E-state index in [1.165, 1.54) is 0 Å². The zero-order valence-corrected chi connectivity index (χ0v) is 19.6. The molecule has 0 aliphatic heterocycles. The van der Waals surface area contributed by atoms with Crippen molar-refractivity contribution in [3.05, 3.63) is 89.5 Å². The predicted molar refractivity (Wildman–Crippen MR) is 136 cm³/mol. The van der Waals surface area contributed by atoms with Crippen LogP contribution in [0.25, 0.3) is 0 Å². The van der Waals surface area contributed by atoms with Crippen molar-refractivity contribution in [1.29, 1.82) is 5.41 Å². The van der Waals surface area contributed by atoms with Gasteiger partial charge >= 0.3 is 0 Å². The van der Waals surface area contributed by atoms with Gasteiger partial charge in [-0.3, -0.25) is 10.2 Å². The summed E-state index contributed by atoms with van der Waals surface area (Å²) < 4.78 is 11.4. The Kier molecular flexibility index (Phi) is 8.91. The third kappa shape index (κ3) is 7.00. The Morgan fingerprint density at radius 2 is 1.74 bits per heavy atom. The van der Waals surface area contributed by atoms with Gasteiger partial charge in [-0.2, -0.15) is 0 Å². The minimum atomic E-state index is -0.699. The standard InChI is InChI=1S/C27H32N4O3/c1-3-4-14-34-24-16-21(15-23(17-24)33-2)25(27(32)30-18-19-8-6-5-7-9-19)31-22-12-10-20(11-13-22)26(28)29/h5-13,15-17,25,31H,3-4,14,18H2,1-2H3,(H3,28,29)(H,30,32)/t25-/m0/s1. The second-order valence-corrected chi connectivity index (χ2v) is 7.92. The number of benzene rings is 3. The quantitative estimate of drug-likeness (QED) is 0.179. The number of nitrogens with one attached hydrogen (secondary N) is 3. The molecule has 0 radical (unpaired) electrons. The smallest absolute Gasteiger partial charge is 0.247 e. The van der Waals surface area contributed by atoms with Crippen LogP contribution in [-0.2, 0) is 11.3 Å². The van der Waals surface area contributed by atoms with Crippen LogP contribution in [0.15, 0.2) is 72.8 Å². The predicted octanol–water partition coefficient (Wildman–Crippen LogP) is 4.63. The number of unbranched alkanes of at least 4 members (excludes halogenated alkanes) is 1. The Balaban J connectivity index is 1.88. The van der Waals surface area contributed by atoms with E-state index in [0.717, 1.165) is 24.1 Å². The highest BCUT2D eigenvalue weighted by Crippen LogP contribution is 2.29. The van der Waals surface area contributed by atoms with Crippen LogP contribution in [0.5, 0.6) is 11.5 Å². The van der Waals surface area contributed by atoms with Gasteiger partial charge in [0.2, 0.25) is 5.91 Å². The fourth-order valence-corrected chi connectivity index (χ4v) is 3.40. The molecule has 0 aliphatic carbocycles. The summed E-state index contributed by atoms with van der Waals surface area (Å²) in [6.07, 6.45) is 1.97. The van der Waals surface area contributed by atoms with E-state index >= 15 is 0 Å². The van der Waals surface area contributed by atoms with Crippen LogP contribution in [0.3, 0.4) is 0 Å². The van der Waals surface area contributed by atoms with Crippen LogP contribution in [-0.4, -0.2) is 25.5 Å². The number of amides is 1. The minimum absolute atomic E-state index is 0.00892. The summed E-state index contributed by atoms with van der Waals surface area (Å²) in [7, 11) is 1.59. The van der Waals surface area contributed by atoms with Crippen LogP contribution in [0.2, 0.25) is 0 Å². The molecular weight excluding hydrogens is 428 g/mol. The van der Waals surface area contributed by atoms with Gasteiger partial charge in [-0.1, -0.05) is 43.7 Å². The molecule has 0 unspecified atom stereocenters. The van der Waals surface area contributed by atoms with E-state index in [2.05, 4.69) is 17.6 Å². The number of hydrogen-bond acceptors (Lipinski definition) is 5. The Labute approximate surface area is 200 Å². The molecule has 0 spiro atoms. The van der Waals surface area contributed by atoms with Crippen molar-refractivity contribution in [3.8, 4) is 11.5 Å². The summed E-state index contributed by atoms with van der Waals surface area (Å²) in [5.41, 5.74) is 8.63. The molecule has 3 aromatic carbocycles. The number of carbonyl (C=O) groups is 1. The Bertz CT molecular complexity index is 1080. The Morgan fingerprint density at radius 3 is 2.38 bits per heavy atom. The van der Waals surface area contributed by atoms with Gasteiger partial charge < -0.3 is 25.8 Å². The van der Waals surface area contributed by atoms with E-state index in [1.807, 2.05) is 48.5 Å². The van der Waals surface area contributed by atoms with Crippen molar-refractivity contribution in [1.82, 2.24) is 5.32 Å². The van der Waals surface area contributed by atoms with E-state index < -0.39 is 6.04 Å². The van der Waals surface area contributed by atoms with Gasteiger partial charge in [0, 0.05) is 23.9 Å². The number of ether oxygens (including phenoxy) is 2. The lowest BCUT2D eigenvalue weighted by Crippen LogP contribution is -2.33. The third-order valence-corrected chi connectivity index (χ3v) is 5.32. The molecule has 0 heterocycles. The first-order chi connectivity index (χ1) is 16.5. The van der Waals surface area contributed by atoms with Gasteiger partial charge in [-0.25, -0.2) is 0 Å². The van der Waals surface area contributed by atoms with Gasteiger partial charge in [0.1, 0.15) is 23.4 Å². The topological polar surface area (TPSA) is 109 Å². The molecule has 0 aliphatic rings. The maximum Gasteiger partial charge on any atom is 0.247 e. The number of hydrogen-bond donors (Lipinski definition) is 4. The van der Waals surface area contributed by atoms with Gasteiger partial charge in [-0.05, 0) is 53.9 Å². The number of amidine groups is 1. The Morgan fingerprint density at radius 1 is 1.03 bits per heavy atom. The highest BCUT2D eigenvalue weighted by atomic mass is 16.5. The SMILES string of the molecule is CCCCOc1cc(OC)cc([C@H](Nc2ccc(C(=N)N)cc2)C(=O)NCc2ccccc2)c1. The first-order valence-electron chi connectivity index (χ1n) is 11.3. The summed E-state index contributed by atoms with van der Waals surface area (Å²) in [5.74, 6) is 1.06. The van der Waals surface area contributed by atoms with Crippen LogP contribution < -0.4 is 25.8 Å². The monoisotopic (exact) mass is 460 g/mol. The number of rotatable bonds is 12. The number of carbonyl (C=O) groups excluding carboxylic acids is 1. The van der Waals surface area contributed by atoms with Crippen LogP contribution in [0.1, 0.15) is 42.5 Å². The zero-order chi connectivity index (χ0) is 24.3. The normalized spacial score (nSPS) is 11.4. The maximum absolute atomic E-state index is 13.4. The van der Waals surface area contributed by atoms with Crippen molar-refractivity contribution < 1.29 is 14.3 Å². The molecule has 0 saturated carbocycles. The largest absolute Gasteiger partial charge is 0.497 e. The Hall–Kier alpha value is -4.00. The van der Waals surface area contributed by atoms with Crippen LogP contribution in [0, 0.1) is 5.41 Å². The highest BCUT2D eigenvalue weighted by molar-refractivity contribution is 5.95. The molecule has 7 nitrogen and oxygen atoms in total. The first kappa shape index (κ1) is 24.6. The highest BCUT2D eigenvalue weighted by Gasteiger charge is 2.22. The van der Waals surface area contributed by atoms with Crippen molar-refractivity contribution >= 4 is 17.4 Å². The summed E-state index contributed by atoms with van der Waals surface area (Å²) in [6, 6.07) is 21.7. The third-order valence-electron chi connectivity index (χ3n) is 5.32. The molecule has 3 rings (SSSR count). The summed E-state index contributed by atoms with van der Waals surface area (Å²) >= 11 is 0. The second kappa shape index (κ2) is 12.3. The van der Waals surface area contributed by atoms with Crippen molar-refractivity contribution in [3.63, 3.8) is 0 Å². The van der Waals surface area contributed by atoms with Gasteiger partial charge in [0.25, 0.3) is 0 Å². The summed E-state index contributed by atoms with van der Waals surface area (Å²) in [5, 5.41) is 13.9. The molecule has 5 N–H and O–H groups in total. The van der Waals surface area contributed by atoms with Crippen molar-refractivity contribution in [2.24, 2.45) is 5.73 Å². The molecular formula is C27H32N4O3. The lowest BCUT2D eigenvalue weighted by Gasteiger charge is -2.22. The fraction of sp³-hybridized carbons (Fsp3) is 0.259. The number of nitrogen functional groups attached to an aromatic ring is 1. The molecule has 1 amide bonds. The maximum atomic E-state index is 13.4. The molecule has 0 bridgehead atoms. The molecule has 3 aromatic rings. The van der Waals surface area contributed by atoms with Crippen LogP contribution >= 0.6 is 0 Å². The van der Waals surface area contributed by atoms with E-state index in [9.17, 15) is 4.79 Å². The van der Waals surface area contributed by atoms with E-state index in [1.54, 1.807) is 31.4 Å². The van der Waals surface area contributed by atoms with Gasteiger partial charge in [0.15, 0.2) is 0 Å². The zero-order valence-electron chi connectivity index (χ0n) is 19.6. The molecule has 178 valence electrons. The molecule has 0 fully saturated rings. The average Bonchev–Trinajstić information content (AvgIpc) is 2.86. The van der Waals surface area contributed by atoms with E-state index in [-0.39, 0.29) is 11.7 Å². The second-order valence-electron chi connectivity index (χ2n) is 7.92. The minimum Gasteiger partial charge on any atom is -0.497 e. The molecule has 1 atom stereocenters. The van der Waals surface area contributed by atoms with E-state index in [0.29, 0.717) is 35.8 Å². The molecule has 7 heteroatoms. The lowest BCUT2D eigenvalue weighted by molar-refractivity contribution is -0.122. The lowest BCUT2D eigenvalue weighted by atomic mass is 10.0. The molecule has 0 saturated heterocycles. The number of nitrogens with two attached hydrogens (primary N) is 1. The van der Waals surface area contributed by atoms with Gasteiger partial charge in [-0.15, -0.1) is 0 Å². The number of methoxy groups -OCH3 is 1. The average molecular weight is 461 g/mol. The summed E-state index contributed by atoms with van der Waals surface area (Å²) in [6.45, 7) is 3.10.